The lowest BCUT2D eigenvalue weighted by Gasteiger charge is -2.13. The van der Waals surface area contributed by atoms with E-state index in [0.717, 1.165) is 17.0 Å². The highest BCUT2D eigenvalue weighted by Gasteiger charge is 2.10. The first kappa shape index (κ1) is 11.8. The number of rotatable bonds is 3. The number of nitrogens with zero attached hydrogens (tertiary/aromatic N) is 2. The Labute approximate surface area is 100 Å². The summed E-state index contributed by atoms with van der Waals surface area (Å²) < 4.78 is 14.9. The van der Waals surface area contributed by atoms with E-state index < -0.39 is 0 Å². The standard InChI is InChI=1S/C13H16FN3/c1-9-6-10(2)17(16-9)8-13(15)11-4-3-5-12(14)7-11/h3-7,13H,8,15H2,1-2H3. The van der Waals surface area contributed by atoms with Crippen molar-refractivity contribution in [3.8, 4) is 0 Å². The van der Waals surface area contributed by atoms with E-state index in [1.165, 1.54) is 12.1 Å². The lowest BCUT2D eigenvalue weighted by atomic mass is 10.1. The quantitative estimate of drug-likeness (QED) is 0.884. The molecule has 0 bridgehead atoms. The van der Waals surface area contributed by atoms with Gasteiger partial charge in [-0.1, -0.05) is 12.1 Å². The molecule has 0 radical (unpaired) electrons. The van der Waals surface area contributed by atoms with E-state index in [2.05, 4.69) is 5.10 Å². The molecule has 0 amide bonds. The maximum Gasteiger partial charge on any atom is 0.123 e. The third-order valence-corrected chi connectivity index (χ3v) is 2.75. The summed E-state index contributed by atoms with van der Waals surface area (Å²) in [6, 6.07) is 8.14. The third-order valence-electron chi connectivity index (χ3n) is 2.75. The van der Waals surface area contributed by atoms with Crippen LogP contribution in [0.1, 0.15) is 23.0 Å². The van der Waals surface area contributed by atoms with Crippen molar-refractivity contribution in [1.82, 2.24) is 9.78 Å². The second kappa shape index (κ2) is 4.67. The minimum absolute atomic E-state index is 0.247. The highest BCUT2D eigenvalue weighted by molar-refractivity contribution is 5.20. The van der Waals surface area contributed by atoms with Crippen LogP contribution in [0.2, 0.25) is 0 Å². The first-order valence-electron chi connectivity index (χ1n) is 5.58. The minimum Gasteiger partial charge on any atom is -0.322 e. The molecular weight excluding hydrogens is 217 g/mol. The molecule has 1 aromatic carbocycles. The molecule has 1 atom stereocenters. The average Bonchev–Trinajstić information content (AvgIpc) is 2.57. The Hall–Kier alpha value is -1.68. The van der Waals surface area contributed by atoms with Crippen LogP contribution in [0.4, 0.5) is 4.39 Å². The van der Waals surface area contributed by atoms with Crippen LogP contribution in [-0.4, -0.2) is 9.78 Å². The summed E-state index contributed by atoms with van der Waals surface area (Å²) in [4.78, 5) is 0. The molecule has 90 valence electrons. The van der Waals surface area contributed by atoms with Crippen LogP contribution in [0.15, 0.2) is 30.3 Å². The summed E-state index contributed by atoms with van der Waals surface area (Å²) in [5.41, 5.74) is 8.87. The van der Waals surface area contributed by atoms with Crippen LogP contribution in [-0.2, 0) is 6.54 Å². The lowest BCUT2D eigenvalue weighted by Crippen LogP contribution is -2.19. The molecule has 0 aliphatic carbocycles. The zero-order valence-corrected chi connectivity index (χ0v) is 10.0. The summed E-state index contributed by atoms with van der Waals surface area (Å²) in [5, 5.41) is 4.34. The third kappa shape index (κ3) is 2.71. The van der Waals surface area contributed by atoms with Crippen LogP contribution in [0, 0.1) is 19.7 Å². The molecule has 4 heteroatoms. The van der Waals surface area contributed by atoms with E-state index in [1.807, 2.05) is 30.7 Å². The number of hydrogen-bond donors (Lipinski definition) is 1. The van der Waals surface area contributed by atoms with E-state index in [-0.39, 0.29) is 11.9 Å². The first-order chi connectivity index (χ1) is 8.06. The van der Waals surface area contributed by atoms with Gasteiger partial charge in [0.05, 0.1) is 12.2 Å². The van der Waals surface area contributed by atoms with Gasteiger partial charge < -0.3 is 5.73 Å². The molecule has 1 unspecified atom stereocenters. The number of aromatic nitrogens is 2. The molecule has 2 aromatic rings. The predicted octanol–water partition coefficient (Wildman–Crippen LogP) is 2.34. The Balaban J connectivity index is 2.16. The first-order valence-corrected chi connectivity index (χ1v) is 5.58. The molecule has 0 spiro atoms. The number of aryl methyl sites for hydroxylation is 2. The Morgan fingerprint density at radius 2 is 2.12 bits per heavy atom. The summed E-state index contributed by atoms with van der Waals surface area (Å²) in [6.45, 7) is 4.48. The van der Waals surface area contributed by atoms with Crippen LogP contribution >= 0.6 is 0 Å². The monoisotopic (exact) mass is 233 g/mol. The number of halogens is 1. The van der Waals surface area contributed by atoms with E-state index in [9.17, 15) is 4.39 Å². The van der Waals surface area contributed by atoms with Crippen molar-refractivity contribution in [2.75, 3.05) is 0 Å². The molecular formula is C13H16FN3. The Kier molecular flexibility index (Phi) is 3.24. The van der Waals surface area contributed by atoms with Gasteiger partial charge >= 0.3 is 0 Å². The van der Waals surface area contributed by atoms with Gasteiger partial charge in [-0.2, -0.15) is 5.10 Å². The summed E-state index contributed by atoms with van der Waals surface area (Å²) in [6.07, 6.45) is 0. The molecule has 0 saturated heterocycles. The maximum absolute atomic E-state index is 13.1. The van der Waals surface area contributed by atoms with Gasteiger partial charge in [-0.15, -0.1) is 0 Å². The maximum atomic E-state index is 13.1. The molecule has 0 saturated carbocycles. The number of hydrogen-bond acceptors (Lipinski definition) is 2. The normalized spacial score (nSPS) is 12.7. The SMILES string of the molecule is Cc1cc(C)n(CC(N)c2cccc(F)c2)n1. The van der Waals surface area contributed by atoms with E-state index in [1.54, 1.807) is 6.07 Å². The van der Waals surface area contributed by atoms with Crippen molar-refractivity contribution < 1.29 is 4.39 Å². The molecule has 3 nitrogen and oxygen atoms in total. The molecule has 0 aliphatic rings. The lowest BCUT2D eigenvalue weighted by molar-refractivity contribution is 0.512. The van der Waals surface area contributed by atoms with Gasteiger partial charge in [-0.05, 0) is 37.6 Å². The molecule has 17 heavy (non-hydrogen) atoms. The van der Waals surface area contributed by atoms with Crippen LogP contribution in [0.5, 0.6) is 0 Å². The highest BCUT2D eigenvalue weighted by Crippen LogP contribution is 2.14. The highest BCUT2D eigenvalue weighted by atomic mass is 19.1. The molecule has 0 fully saturated rings. The van der Waals surface area contributed by atoms with Gasteiger partial charge in [0.1, 0.15) is 5.82 Å². The molecule has 0 aliphatic heterocycles. The fourth-order valence-corrected chi connectivity index (χ4v) is 1.89. The molecule has 2 rings (SSSR count). The Morgan fingerprint density at radius 1 is 1.35 bits per heavy atom. The van der Waals surface area contributed by atoms with E-state index in [4.69, 9.17) is 5.73 Å². The summed E-state index contributed by atoms with van der Waals surface area (Å²) in [5.74, 6) is -0.258. The van der Waals surface area contributed by atoms with Crippen molar-refractivity contribution >= 4 is 0 Å². The fraction of sp³-hybridized carbons (Fsp3) is 0.308. The fourth-order valence-electron chi connectivity index (χ4n) is 1.89. The smallest absolute Gasteiger partial charge is 0.123 e. The molecule has 1 heterocycles. The topological polar surface area (TPSA) is 43.8 Å². The molecule has 2 N–H and O–H groups in total. The van der Waals surface area contributed by atoms with Gasteiger partial charge in [0.15, 0.2) is 0 Å². The van der Waals surface area contributed by atoms with Crippen molar-refractivity contribution in [1.29, 1.82) is 0 Å². The van der Waals surface area contributed by atoms with Crippen LogP contribution < -0.4 is 5.73 Å². The van der Waals surface area contributed by atoms with E-state index >= 15 is 0 Å². The Morgan fingerprint density at radius 3 is 2.71 bits per heavy atom. The van der Waals surface area contributed by atoms with Gasteiger partial charge in [0, 0.05) is 11.7 Å². The summed E-state index contributed by atoms with van der Waals surface area (Å²) in [7, 11) is 0. The van der Waals surface area contributed by atoms with Gasteiger partial charge in [0.2, 0.25) is 0 Å². The van der Waals surface area contributed by atoms with Crippen LogP contribution in [0.3, 0.4) is 0 Å². The van der Waals surface area contributed by atoms with Crippen molar-refractivity contribution in [2.45, 2.75) is 26.4 Å². The largest absolute Gasteiger partial charge is 0.322 e. The summed E-state index contributed by atoms with van der Waals surface area (Å²) >= 11 is 0. The van der Waals surface area contributed by atoms with Gasteiger partial charge in [-0.25, -0.2) is 4.39 Å². The Bertz CT molecular complexity index is 519. The number of nitrogens with two attached hydrogens (primary N) is 1. The number of benzene rings is 1. The van der Waals surface area contributed by atoms with Crippen molar-refractivity contribution in [3.05, 3.63) is 53.1 Å². The second-order valence-electron chi connectivity index (χ2n) is 4.27. The predicted molar refractivity (Wildman–Crippen MR) is 65.0 cm³/mol. The van der Waals surface area contributed by atoms with Gasteiger partial charge in [-0.3, -0.25) is 4.68 Å². The van der Waals surface area contributed by atoms with Crippen molar-refractivity contribution in [2.24, 2.45) is 5.73 Å². The molecule has 1 aromatic heterocycles. The van der Waals surface area contributed by atoms with Gasteiger partial charge in [0.25, 0.3) is 0 Å². The zero-order valence-electron chi connectivity index (χ0n) is 10.0. The van der Waals surface area contributed by atoms with Crippen molar-refractivity contribution in [3.63, 3.8) is 0 Å². The average molecular weight is 233 g/mol. The zero-order chi connectivity index (χ0) is 12.4. The van der Waals surface area contributed by atoms with Crippen LogP contribution in [0.25, 0.3) is 0 Å². The minimum atomic E-state index is -0.258. The van der Waals surface area contributed by atoms with E-state index in [0.29, 0.717) is 6.54 Å². The second-order valence-corrected chi connectivity index (χ2v) is 4.27.